The molecule has 0 saturated heterocycles. The predicted octanol–water partition coefficient (Wildman–Crippen LogP) is 0.622. The van der Waals surface area contributed by atoms with Crippen LogP contribution < -0.4 is 22.1 Å². The number of nitrogens with one attached hydrogen (secondary N) is 2. The van der Waals surface area contributed by atoms with Crippen molar-refractivity contribution in [1.29, 1.82) is 0 Å². The predicted molar refractivity (Wildman–Crippen MR) is 92.0 cm³/mol. The summed E-state index contributed by atoms with van der Waals surface area (Å²) in [4.78, 5) is 35.8. The molecule has 2 atom stereocenters. The number of primary amides is 1. The highest BCUT2D eigenvalue weighted by Gasteiger charge is 2.38. The van der Waals surface area contributed by atoms with Crippen LogP contribution in [0.5, 0.6) is 0 Å². The van der Waals surface area contributed by atoms with E-state index in [9.17, 15) is 27.6 Å². The number of hydrogen-bond acceptors (Lipinski definition) is 4. The first kappa shape index (κ1) is 22.4. The Morgan fingerprint density at radius 2 is 1.70 bits per heavy atom. The molecule has 0 aromatic heterocycles. The number of halogens is 3. The summed E-state index contributed by atoms with van der Waals surface area (Å²) in [5.74, 6) is -2.59. The first-order valence-corrected chi connectivity index (χ1v) is 8.11. The zero-order valence-electron chi connectivity index (χ0n) is 15.2. The fourth-order valence-electron chi connectivity index (χ4n) is 2.19. The van der Waals surface area contributed by atoms with Crippen LogP contribution in [0, 0.1) is 5.92 Å². The first-order valence-electron chi connectivity index (χ1n) is 8.11. The number of rotatable bonds is 7. The molecular formula is C17H23F3N4O3. The Morgan fingerprint density at radius 3 is 2.19 bits per heavy atom. The standard InChI is InChI=1S/C17H23F3N4O3/c1-9(2)13(21)14(26)23-8-12(25)24-16(3,15(22)27)10-5-4-6-11(7-10)17(18,19)20/h4-7,9,13H,8,21H2,1-3H3,(H2,22,27)(H,23,26)(H,24,25)/t13-,16?/m0/s1. The molecule has 3 amide bonds. The topological polar surface area (TPSA) is 127 Å². The Kier molecular flexibility index (Phi) is 6.96. The van der Waals surface area contributed by atoms with Crippen LogP contribution in [0.15, 0.2) is 24.3 Å². The largest absolute Gasteiger partial charge is 0.416 e. The third kappa shape index (κ3) is 5.68. The SMILES string of the molecule is CC(C)[C@H](N)C(=O)NCC(=O)NC(C)(C(N)=O)c1cccc(C(F)(F)F)c1. The van der Waals surface area contributed by atoms with Gasteiger partial charge in [-0.1, -0.05) is 26.0 Å². The molecule has 0 aliphatic carbocycles. The summed E-state index contributed by atoms with van der Waals surface area (Å²) in [6.45, 7) is 4.12. The van der Waals surface area contributed by atoms with Gasteiger partial charge in [0.05, 0.1) is 18.2 Å². The van der Waals surface area contributed by atoms with E-state index in [1.807, 2.05) is 0 Å². The van der Waals surface area contributed by atoms with E-state index in [2.05, 4.69) is 10.6 Å². The molecule has 0 saturated carbocycles. The fraction of sp³-hybridized carbons (Fsp3) is 0.471. The van der Waals surface area contributed by atoms with Crippen molar-refractivity contribution >= 4 is 17.7 Å². The molecule has 27 heavy (non-hydrogen) atoms. The van der Waals surface area contributed by atoms with Crippen molar-refractivity contribution in [2.24, 2.45) is 17.4 Å². The van der Waals surface area contributed by atoms with Crippen LogP contribution in [-0.4, -0.2) is 30.3 Å². The molecular weight excluding hydrogens is 365 g/mol. The van der Waals surface area contributed by atoms with Crippen LogP contribution in [0.1, 0.15) is 31.9 Å². The molecule has 1 aromatic carbocycles. The van der Waals surface area contributed by atoms with Gasteiger partial charge in [0.25, 0.3) is 0 Å². The summed E-state index contributed by atoms with van der Waals surface area (Å²) in [6, 6.07) is 3.09. The molecule has 1 unspecified atom stereocenters. The van der Waals surface area contributed by atoms with Gasteiger partial charge in [-0.05, 0) is 30.5 Å². The third-order valence-electron chi connectivity index (χ3n) is 4.09. The van der Waals surface area contributed by atoms with Crippen LogP contribution in [0.25, 0.3) is 0 Å². The van der Waals surface area contributed by atoms with E-state index in [-0.39, 0.29) is 11.5 Å². The normalized spacial score (nSPS) is 15.0. The summed E-state index contributed by atoms with van der Waals surface area (Å²) in [7, 11) is 0. The van der Waals surface area contributed by atoms with Crippen molar-refractivity contribution in [2.45, 2.75) is 38.5 Å². The molecule has 6 N–H and O–H groups in total. The summed E-state index contributed by atoms with van der Waals surface area (Å²) in [6.07, 6.45) is -4.63. The van der Waals surface area contributed by atoms with Gasteiger partial charge in [-0.2, -0.15) is 13.2 Å². The maximum atomic E-state index is 12.9. The third-order valence-corrected chi connectivity index (χ3v) is 4.09. The Morgan fingerprint density at radius 1 is 1.15 bits per heavy atom. The highest BCUT2D eigenvalue weighted by atomic mass is 19.4. The van der Waals surface area contributed by atoms with E-state index < -0.39 is 47.6 Å². The Labute approximate surface area is 154 Å². The maximum Gasteiger partial charge on any atom is 0.416 e. The molecule has 0 fully saturated rings. The average molecular weight is 388 g/mol. The smallest absolute Gasteiger partial charge is 0.367 e. The van der Waals surface area contributed by atoms with Crippen molar-refractivity contribution < 1.29 is 27.6 Å². The van der Waals surface area contributed by atoms with Gasteiger partial charge in [-0.25, -0.2) is 0 Å². The van der Waals surface area contributed by atoms with Gasteiger partial charge in [0.2, 0.25) is 17.7 Å². The lowest BCUT2D eigenvalue weighted by Gasteiger charge is -2.29. The van der Waals surface area contributed by atoms with Gasteiger partial charge < -0.3 is 22.1 Å². The van der Waals surface area contributed by atoms with Gasteiger partial charge in [-0.3, -0.25) is 14.4 Å². The average Bonchev–Trinajstić information content (AvgIpc) is 2.57. The van der Waals surface area contributed by atoms with Crippen molar-refractivity contribution in [2.75, 3.05) is 6.54 Å². The summed E-state index contributed by atoms with van der Waals surface area (Å²) in [5.41, 5.74) is 7.93. The van der Waals surface area contributed by atoms with Gasteiger partial charge in [-0.15, -0.1) is 0 Å². The van der Waals surface area contributed by atoms with E-state index in [0.717, 1.165) is 18.2 Å². The Bertz CT molecular complexity index is 722. The number of carbonyl (C=O) groups is 3. The molecule has 0 spiro atoms. The second-order valence-corrected chi connectivity index (χ2v) is 6.60. The summed E-state index contributed by atoms with van der Waals surface area (Å²) >= 11 is 0. The zero-order valence-corrected chi connectivity index (χ0v) is 15.2. The van der Waals surface area contributed by atoms with Gasteiger partial charge >= 0.3 is 6.18 Å². The number of hydrogen-bond donors (Lipinski definition) is 4. The van der Waals surface area contributed by atoms with Crippen LogP contribution in [0.3, 0.4) is 0 Å². The summed E-state index contributed by atoms with van der Waals surface area (Å²) < 4.78 is 38.7. The van der Waals surface area contributed by atoms with E-state index in [1.54, 1.807) is 13.8 Å². The molecule has 0 bridgehead atoms. The number of carbonyl (C=O) groups excluding carboxylic acids is 3. The lowest BCUT2D eigenvalue weighted by Crippen LogP contribution is -2.55. The minimum Gasteiger partial charge on any atom is -0.367 e. The minimum atomic E-state index is -4.63. The molecule has 0 aliphatic heterocycles. The maximum absolute atomic E-state index is 12.9. The van der Waals surface area contributed by atoms with E-state index in [4.69, 9.17) is 11.5 Å². The van der Waals surface area contributed by atoms with Crippen LogP contribution >= 0.6 is 0 Å². The summed E-state index contributed by atoms with van der Waals surface area (Å²) in [5, 5.41) is 4.58. The molecule has 1 aromatic rings. The number of amides is 3. The van der Waals surface area contributed by atoms with Gasteiger partial charge in [0, 0.05) is 0 Å². The molecule has 0 aliphatic rings. The second kappa shape index (κ2) is 8.38. The lowest BCUT2D eigenvalue weighted by atomic mass is 9.89. The van der Waals surface area contributed by atoms with Crippen LogP contribution in [0.4, 0.5) is 13.2 Å². The highest BCUT2D eigenvalue weighted by molar-refractivity contribution is 5.93. The second-order valence-electron chi connectivity index (χ2n) is 6.60. The van der Waals surface area contributed by atoms with E-state index >= 15 is 0 Å². The van der Waals surface area contributed by atoms with Crippen LogP contribution in [0.2, 0.25) is 0 Å². The Hall–Kier alpha value is -2.62. The molecule has 10 heteroatoms. The van der Waals surface area contributed by atoms with Crippen molar-refractivity contribution in [3.63, 3.8) is 0 Å². The van der Waals surface area contributed by atoms with Crippen molar-refractivity contribution in [3.8, 4) is 0 Å². The quantitative estimate of drug-likeness (QED) is 0.546. The number of nitrogens with two attached hydrogens (primary N) is 2. The number of alkyl halides is 3. The van der Waals surface area contributed by atoms with Crippen LogP contribution in [-0.2, 0) is 26.1 Å². The molecule has 0 radical (unpaired) electrons. The Balaban J connectivity index is 2.97. The lowest BCUT2D eigenvalue weighted by molar-refractivity contribution is -0.138. The number of benzene rings is 1. The molecule has 150 valence electrons. The molecule has 1 rings (SSSR count). The monoisotopic (exact) mass is 388 g/mol. The molecule has 7 nitrogen and oxygen atoms in total. The van der Waals surface area contributed by atoms with E-state index in [1.165, 1.54) is 13.0 Å². The van der Waals surface area contributed by atoms with Crippen molar-refractivity contribution in [1.82, 2.24) is 10.6 Å². The van der Waals surface area contributed by atoms with Gasteiger partial charge in [0.1, 0.15) is 5.54 Å². The van der Waals surface area contributed by atoms with Gasteiger partial charge in [0.15, 0.2) is 0 Å². The first-order chi connectivity index (χ1) is 12.3. The van der Waals surface area contributed by atoms with Crippen molar-refractivity contribution in [3.05, 3.63) is 35.4 Å². The zero-order chi connectivity index (χ0) is 21.0. The van der Waals surface area contributed by atoms with E-state index in [0.29, 0.717) is 0 Å². The molecule has 0 heterocycles. The minimum absolute atomic E-state index is 0.136. The highest BCUT2D eigenvalue weighted by Crippen LogP contribution is 2.32. The fourth-order valence-corrected chi connectivity index (χ4v) is 2.19.